The second-order valence-electron chi connectivity index (χ2n) is 5.75. The topological polar surface area (TPSA) is 54.6 Å². The molecule has 130 valence electrons. The standard InChI is InChI=1S/C19H12ClFN2O2S/c20-15-8-13(21)6-5-11(15)10-23-18(24)17(26-19(23)25)7-12-9-22-16-4-2-1-3-14(12)16/h1-9,24H,10H2. The second-order valence-corrected chi connectivity index (χ2v) is 7.15. The minimum atomic E-state index is -0.453. The number of rotatable bonds is 3. The molecular formula is C19H12ClFN2O2S. The Morgan fingerprint density at radius 2 is 2.08 bits per heavy atom. The second kappa shape index (κ2) is 6.55. The fraction of sp³-hybridized carbons (Fsp3) is 0.0526. The number of hydrogen-bond acceptors (Lipinski definition) is 4. The zero-order chi connectivity index (χ0) is 18.3. The van der Waals surface area contributed by atoms with Gasteiger partial charge in [0.15, 0.2) is 0 Å². The molecule has 0 fully saturated rings. The third-order valence-corrected chi connectivity index (χ3v) is 5.35. The van der Waals surface area contributed by atoms with Crippen molar-refractivity contribution in [1.29, 1.82) is 0 Å². The van der Waals surface area contributed by atoms with E-state index in [1.807, 2.05) is 24.3 Å². The molecule has 4 nitrogen and oxygen atoms in total. The lowest BCUT2D eigenvalue weighted by molar-refractivity contribution is 0.420. The first-order chi connectivity index (χ1) is 12.5. The Hall–Kier alpha value is -2.70. The third kappa shape index (κ3) is 2.98. The Morgan fingerprint density at radius 3 is 2.88 bits per heavy atom. The molecule has 1 N–H and O–H groups in total. The number of fused-ring (bicyclic) bond motifs is 1. The maximum absolute atomic E-state index is 13.2. The first-order valence-electron chi connectivity index (χ1n) is 7.74. The van der Waals surface area contributed by atoms with E-state index in [2.05, 4.69) is 4.99 Å². The van der Waals surface area contributed by atoms with Crippen LogP contribution in [0.25, 0.3) is 11.6 Å². The summed E-state index contributed by atoms with van der Waals surface area (Å²) in [5.74, 6) is -0.601. The van der Waals surface area contributed by atoms with Crippen LogP contribution in [-0.4, -0.2) is 15.9 Å². The Labute approximate surface area is 157 Å². The summed E-state index contributed by atoms with van der Waals surface area (Å²) in [5.41, 5.74) is 3.17. The van der Waals surface area contributed by atoms with Gasteiger partial charge >= 0.3 is 4.87 Å². The highest BCUT2D eigenvalue weighted by Gasteiger charge is 2.17. The monoisotopic (exact) mass is 386 g/mol. The summed E-state index contributed by atoms with van der Waals surface area (Å²) >= 11 is 6.95. The van der Waals surface area contributed by atoms with Gasteiger partial charge in [-0.3, -0.25) is 14.4 Å². The number of benzene rings is 2. The van der Waals surface area contributed by atoms with Crippen molar-refractivity contribution in [3.8, 4) is 5.88 Å². The van der Waals surface area contributed by atoms with Gasteiger partial charge in [0.25, 0.3) is 0 Å². The van der Waals surface area contributed by atoms with Crippen molar-refractivity contribution in [1.82, 2.24) is 4.57 Å². The summed E-state index contributed by atoms with van der Waals surface area (Å²) in [6.07, 6.45) is 3.44. The summed E-state index contributed by atoms with van der Waals surface area (Å²) in [5, 5.41) is 10.7. The minimum Gasteiger partial charge on any atom is -0.493 e. The van der Waals surface area contributed by atoms with Crippen molar-refractivity contribution in [2.45, 2.75) is 6.54 Å². The maximum Gasteiger partial charge on any atom is 0.310 e. The molecule has 0 saturated heterocycles. The normalized spacial score (nSPS) is 14.2. The van der Waals surface area contributed by atoms with Gasteiger partial charge in [0.2, 0.25) is 5.88 Å². The lowest BCUT2D eigenvalue weighted by atomic mass is 10.1. The van der Waals surface area contributed by atoms with Gasteiger partial charge in [-0.15, -0.1) is 0 Å². The maximum atomic E-state index is 13.2. The van der Waals surface area contributed by atoms with E-state index < -0.39 is 5.82 Å². The van der Waals surface area contributed by atoms with Crippen molar-refractivity contribution in [2.75, 3.05) is 0 Å². The minimum absolute atomic E-state index is 0.0636. The summed E-state index contributed by atoms with van der Waals surface area (Å²) in [6.45, 7) is 0.0636. The Bertz CT molecular complexity index is 1130. The predicted octanol–water partition coefficient (Wildman–Crippen LogP) is 4.71. The van der Waals surface area contributed by atoms with Crippen LogP contribution in [0.15, 0.2) is 52.3 Å². The van der Waals surface area contributed by atoms with Crippen LogP contribution in [-0.2, 0) is 6.54 Å². The molecule has 0 spiro atoms. The first-order valence-corrected chi connectivity index (χ1v) is 8.94. The van der Waals surface area contributed by atoms with E-state index in [0.717, 1.165) is 28.2 Å². The molecule has 2 heterocycles. The van der Waals surface area contributed by atoms with Gasteiger partial charge in [-0.1, -0.05) is 47.2 Å². The van der Waals surface area contributed by atoms with Gasteiger partial charge in [0.05, 0.1) is 17.1 Å². The average Bonchev–Trinajstić information content (AvgIpc) is 3.14. The van der Waals surface area contributed by atoms with Gasteiger partial charge in [-0.2, -0.15) is 0 Å². The van der Waals surface area contributed by atoms with Crippen molar-refractivity contribution in [3.63, 3.8) is 0 Å². The largest absolute Gasteiger partial charge is 0.493 e. The fourth-order valence-corrected chi connectivity index (χ4v) is 3.83. The summed E-state index contributed by atoms with van der Waals surface area (Å²) < 4.78 is 14.4. The number of allylic oxidation sites excluding steroid dienone is 1. The molecule has 1 aromatic heterocycles. The Balaban J connectivity index is 1.71. The molecular weight excluding hydrogens is 375 g/mol. The van der Waals surface area contributed by atoms with Crippen molar-refractivity contribution in [2.24, 2.45) is 4.99 Å². The van der Waals surface area contributed by atoms with E-state index in [9.17, 15) is 14.3 Å². The lowest BCUT2D eigenvalue weighted by Gasteiger charge is -2.06. The number of halogens is 2. The van der Waals surface area contributed by atoms with Crippen LogP contribution < -0.4 is 4.87 Å². The summed E-state index contributed by atoms with van der Waals surface area (Å²) in [7, 11) is 0. The number of aromatic nitrogens is 1. The molecule has 0 radical (unpaired) electrons. The Kier molecular flexibility index (Phi) is 4.22. The van der Waals surface area contributed by atoms with Gasteiger partial charge < -0.3 is 5.11 Å². The molecule has 3 aromatic rings. The smallest absolute Gasteiger partial charge is 0.310 e. The predicted molar refractivity (Wildman–Crippen MR) is 103 cm³/mol. The molecule has 7 heteroatoms. The van der Waals surface area contributed by atoms with Crippen molar-refractivity contribution in [3.05, 3.63) is 79.0 Å². The average molecular weight is 387 g/mol. The van der Waals surface area contributed by atoms with Gasteiger partial charge in [0.1, 0.15) is 5.82 Å². The zero-order valence-electron chi connectivity index (χ0n) is 13.3. The van der Waals surface area contributed by atoms with E-state index in [-0.39, 0.29) is 22.3 Å². The fourth-order valence-electron chi connectivity index (χ4n) is 2.76. The van der Waals surface area contributed by atoms with Crippen LogP contribution in [0.2, 0.25) is 5.02 Å². The highest BCUT2D eigenvalue weighted by atomic mass is 35.5. The van der Waals surface area contributed by atoms with Gasteiger partial charge in [-0.25, -0.2) is 4.39 Å². The molecule has 4 rings (SSSR count). The van der Waals surface area contributed by atoms with E-state index in [4.69, 9.17) is 11.6 Å². The van der Waals surface area contributed by atoms with Crippen molar-refractivity contribution >= 4 is 46.5 Å². The first kappa shape index (κ1) is 16.8. The molecule has 1 aliphatic rings. The highest BCUT2D eigenvalue weighted by molar-refractivity contribution is 7.10. The number of aromatic hydroxyl groups is 1. The number of hydrogen-bond donors (Lipinski definition) is 1. The molecule has 0 unspecified atom stereocenters. The highest BCUT2D eigenvalue weighted by Crippen LogP contribution is 2.34. The van der Waals surface area contributed by atoms with E-state index in [0.29, 0.717) is 10.4 Å². The number of para-hydroxylation sites is 1. The molecule has 0 bridgehead atoms. The third-order valence-electron chi connectivity index (χ3n) is 4.08. The molecule has 0 saturated carbocycles. The SMILES string of the molecule is O=c1sc(C=C2C=Nc3ccccc32)c(O)n1Cc1ccc(F)cc1Cl. The van der Waals surface area contributed by atoms with Crippen LogP contribution >= 0.6 is 22.9 Å². The van der Waals surface area contributed by atoms with Crippen molar-refractivity contribution < 1.29 is 9.50 Å². The van der Waals surface area contributed by atoms with E-state index >= 15 is 0 Å². The molecule has 0 atom stereocenters. The van der Waals surface area contributed by atoms with E-state index in [1.54, 1.807) is 12.3 Å². The van der Waals surface area contributed by atoms with Crippen LogP contribution in [0.1, 0.15) is 16.0 Å². The van der Waals surface area contributed by atoms with Crippen LogP contribution in [0.4, 0.5) is 10.1 Å². The quantitative estimate of drug-likeness (QED) is 0.708. The molecule has 1 aliphatic heterocycles. The summed E-state index contributed by atoms with van der Waals surface area (Å²) in [4.78, 5) is 16.7. The van der Waals surface area contributed by atoms with Gasteiger partial charge in [-0.05, 0) is 29.8 Å². The number of nitrogens with zero attached hydrogens (tertiary/aromatic N) is 2. The van der Waals surface area contributed by atoms with Crippen LogP contribution in [0.3, 0.4) is 0 Å². The van der Waals surface area contributed by atoms with Gasteiger partial charge in [0, 0.05) is 22.4 Å². The lowest BCUT2D eigenvalue weighted by Crippen LogP contribution is -2.13. The molecule has 0 aliphatic carbocycles. The molecule has 26 heavy (non-hydrogen) atoms. The Morgan fingerprint density at radius 1 is 1.27 bits per heavy atom. The summed E-state index contributed by atoms with van der Waals surface area (Å²) in [6, 6.07) is 11.6. The van der Waals surface area contributed by atoms with Crippen LogP contribution in [0.5, 0.6) is 5.88 Å². The van der Waals surface area contributed by atoms with E-state index in [1.165, 1.54) is 22.8 Å². The molecule has 2 aromatic carbocycles. The molecule has 0 amide bonds. The van der Waals surface area contributed by atoms with Crippen LogP contribution in [0, 0.1) is 5.82 Å². The zero-order valence-corrected chi connectivity index (χ0v) is 14.9. The number of aliphatic imine (C=N–C) groups is 1. The number of thiazole rings is 1.